The fourth-order valence-corrected chi connectivity index (χ4v) is 2.55. The van der Waals surface area contributed by atoms with Gasteiger partial charge in [-0.1, -0.05) is 12.1 Å². The Balaban J connectivity index is 2.04. The van der Waals surface area contributed by atoms with Gasteiger partial charge in [0.1, 0.15) is 11.1 Å². The molecule has 0 saturated heterocycles. The number of hydrogen-bond acceptors (Lipinski definition) is 4. The summed E-state index contributed by atoms with van der Waals surface area (Å²) in [5.41, 5.74) is 1.50. The topological polar surface area (TPSA) is 57.0 Å². The van der Waals surface area contributed by atoms with Crippen molar-refractivity contribution in [1.29, 1.82) is 0 Å². The minimum absolute atomic E-state index is 0.0378. The van der Waals surface area contributed by atoms with Crippen LogP contribution in [-0.4, -0.2) is 21.6 Å². The highest BCUT2D eigenvalue weighted by atomic mass is 16.5. The Bertz CT molecular complexity index is 843. The molecule has 3 aromatic rings. The van der Waals surface area contributed by atoms with E-state index in [1.165, 1.54) is 0 Å². The van der Waals surface area contributed by atoms with Crippen molar-refractivity contribution in [2.24, 2.45) is 0 Å². The predicted octanol–water partition coefficient (Wildman–Crippen LogP) is 2.60. The molecule has 2 aromatic heterocycles. The smallest absolute Gasteiger partial charge is 0.265 e. The van der Waals surface area contributed by atoms with Crippen LogP contribution in [0.15, 0.2) is 53.7 Å². The van der Waals surface area contributed by atoms with Crippen LogP contribution >= 0.6 is 0 Å². The molecule has 0 radical (unpaired) electrons. The van der Waals surface area contributed by atoms with Gasteiger partial charge < -0.3 is 4.74 Å². The van der Waals surface area contributed by atoms with Crippen LogP contribution in [0.5, 0.6) is 5.75 Å². The van der Waals surface area contributed by atoms with Crippen LogP contribution in [0.4, 0.5) is 0 Å². The van der Waals surface area contributed by atoms with E-state index in [0.29, 0.717) is 23.1 Å². The number of hydrogen-bond donors (Lipinski definition) is 0. The Labute approximate surface area is 128 Å². The van der Waals surface area contributed by atoms with E-state index in [0.717, 1.165) is 5.69 Å². The molecule has 5 heteroatoms. The standard InChI is InChI=1S/C17H17N3O2/c1-12(10-13-6-3-4-9-18-13)20-11-19-14-7-5-8-15(22-2)16(14)17(20)21/h3-9,11-12H,10H2,1-2H3/t12-/m0/s1. The number of methoxy groups -OCH3 is 1. The molecule has 0 bridgehead atoms. The van der Waals surface area contributed by atoms with Gasteiger partial charge in [0, 0.05) is 24.4 Å². The van der Waals surface area contributed by atoms with Gasteiger partial charge in [0.05, 0.1) is 19.0 Å². The summed E-state index contributed by atoms with van der Waals surface area (Å²) < 4.78 is 6.93. The van der Waals surface area contributed by atoms with Gasteiger partial charge in [0.25, 0.3) is 5.56 Å². The maximum atomic E-state index is 12.8. The van der Waals surface area contributed by atoms with E-state index >= 15 is 0 Å². The predicted molar refractivity (Wildman–Crippen MR) is 85.2 cm³/mol. The number of benzene rings is 1. The first-order valence-electron chi connectivity index (χ1n) is 7.14. The third kappa shape index (κ3) is 2.57. The SMILES string of the molecule is COc1cccc2ncn([C@@H](C)Cc3ccccn3)c(=O)c12. The lowest BCUT2D eigenvalue weighted by molar-refractivity contribution is 0.418. The van der Waals surface area contributed by atoms with E-state index in [1.807, 2.05) is 37.3 Å². The number of rotatable bonds is 4. The quantitative estimate of drug-likeness (QED) is 0.742. The van der Waals surface area contributed by atoms with Crippen LogP contribution in [0.2, 0.25) is 0 Å². The summed E-state index contributed by atoms with van der Waals surface area (Å²) in [6, 6.07) is 11.2. The Morgan fingerprint density at radius 1 is 1.18 bits per heavy atom. The number of aromatic nitrogens is 3. The van der Waals surface area contributed by atoms with E-state index in [1.54, 1.807) is 30.3 Å². The fraction of sp³-hybridized carbons (Fsp3) is 0.235. The summed E-state index contributed by atoms with van der Waals surface area (Å²) in [6.07, 6.45) is 4.02. The maximum Gasteiger partial charge on any atom is 0.265 e. The third-order valence-corrected chi connectivity index (χ3v) is 3.70. The van der Waals surface area contributed by atoms with E-state index < -0.39 is 0 Å². The van der Waals surface area contributed by atoms with Crippen molar-refractivity contribution in [2.45, 2.75) is 19.4 Å². The average molecular weight is 295 g/mol. The molecule has 0 saturated carbocycles. The maximum absolute atomic E-state index is 12.8. The van der Waals surface area contributed by atoms with Crippen molar-refractivity contribution in [3.63, 3.8) is 0 Å². The molecule has 0 unspecified atom stereocenters. The van der Waals surface area contributed by atoms with E-state index in [4.69, 9.17) is 4.74 Å². The van der Waals surface area contributed by atoms with Crippen LogP contribution in [-0.2, 0) is 6.42 Å². The second-order valence-electron chi connectivity index (χ2n) is 5.19. The lowest BCUT2D eigenvalue weighted by Gasteiger charge is -2.15. The second-order valence-corrected chi connectivity index (χ2v) is 5.19. The highest BCUT2D eigenvalue weighted by Crippen LogP contribution is 2.21. The van der Waals surface area contributed by atoms with Gasteiger partial charge in [0.2, 0.25) is 0 Å². The fourth-order valence-electron chi connectivity index (χ4n) is 2.55. The van der Waals surface area contributed by atoms with E-state index in [-0.39, 0.29) is 11.6 Å². The van der Waals surface area contributed by atoms with Gasteiger partial charge in [-0.15, -0.1) is 0 Å². The monoisotopic (exact) mass is 295 g/mol. The van der Waals surface area contributed by atoms with Gasteiger partial charge >= 0.3 is 0 Å². The Morgan fingerprint density at radius 2 is 2.05 bits per heavy atom. The number of ether oxygens (including phenoxy) is 1. The zero-order valence-corrected chi connectivity index (χ0v) is 12.6. The highest BCUT2D eigenvalue weighted by Gasteiger charge is 2.14. The summed E-state index contributed by atoms with van der Waals surface area (Å²) in [6.45, 7) is 1.99. The van der Waals surface area contributed by atoms with E-state index in [2.05, 4.69) is 9.97 Å². The van der Waals surface area contributed by atoms with Gasteiger partial charge in [-0.3, -0.25) is 14.3 Å². The summed E-state index contributed by atoms with van der Waals surface area (Å²) in [5.74, 6) is 0.550. The van der Waals surface area contributed by atoms with Crippen molar-refractivity contribution in [2.75, 3.05) is 7.11 Å². The minimum Gasteiger partial charge on any atom is -0.496 e. The van der Waals surface area contributed by atoms with Crippen LogP contribution < -0.4 is 10.3 Å². The molecule has 0 N–H and O–H groups in total. The first kappa shape index (κ1) is 14.3. The van der Waals surface area contributed by atoms with Gasteiger partial charge in [0.15, 0.2) is 0 Å². The van der Waals surface area contributed by atoms with Crippen LogP contribution in [0, 0.1) is 0 Å². The number of nitrogens with zero attached hydrogens (tertiary/aromatic N) is 3. The average Bonchev–Trinajstić information content (AvgIpc) is 2.55. The van der Waals surface area contributed by atoms with Crippen molar-refractivity contribution >= 4 is 10.9 Å². The normalized spacial score (nSPS) is 12.3. The van der Waals surface area contributed by atoms with Crippen LogP contribution in [0.3, 0.4) is 0 Å². The minimum atomic E-state index is -0.0918. The first-order valence-corrected chi connectivity index (χ1v) is 7.14. The molecule has 0 spiro atoms. The van der Waals surface area contributed by atoms with Crippen molar-refractivity contribution < 1.29 is 4.74 Å². The van der Waals surface area contributed by atoms with Crippen molar-refractivity contribution in [3.05, 3.63) is 65.0 Å². The first-order chi connectivity index (χ1) is 10.7. The zero-order valence-electron chi connectivity index (χ0n) is 12.6. The molecule has 2 heterocycles. The molecule has 0 aliphatic carbocycles. The summed E-state index contributed by atoms with van der Waals surface area (Å²) in [7, 11) is 1.56. The molecule has 1 aromatic carbocycles. The molecule has 0 fully saturated rings. The van der Waals surface area contributed by atoms with Crippen molar-refractivity contribution in [3.8, 4) is 5.75 Å². The Kier molecular flexibility index (Phi) is 3.87. The lowest BCUT2D eigenvalue weighted by Crippen LogP contribution is -2.25. The molecule has 1 atom stereocenters. The largest absolute Gasteiger partial charge is 0.496 e. The molecule has 112 valence electrons. The van der Waals surface area contributed by atoms with Crippen LogP contribution in [0.25, 0.3) is 10.9 Å². The molecule has 22 heavy (non-hydrogen) atoms. The second kappa shape index (κ2) is 5.97. The Hall–Kier alpha value is -2.69. The molecular weight excluding hydrogens is 278 g/mol. The summed E-state index contributed by atoms with van der Waals surface area (Å²) >= 11 is 0. The molecule has 3 rings (SSSR count). The van der Waals surface area contributed by atoms with E-state index in [9.17, 15) is 4.79 Å². The van der Waals surface area contributed by atoms with Crippen LogP contribution in [0.1, 0.15) is 18.7 Å². The van der Waals surface area contributed by atoms with Gasteiger partial charge in [-0.2, -0.15) is 0 Å². The molecule has 0 aliphatic heterocycles. The summed E-state index contributed by atoms with van der Waals surface area (Å²) in [4.78, 5) is 21.4. The Morgan fingerprint density at radius 3 is 2.77 bits per heavy atom. The highest BCUT2D eigenvalue weighted by molar-refractivity contribution is 5.83. The van der Waals surface area contributed by atoms with Crippen molar-refractivity contribution in [1.82, 2.24) is 14.5 Å². The summed E-state index contributed by atoms with van der Waals surface area (Å²) in [5, 5.41) is 0.514. The molecule has 0 aliphatic rings. The number of pyridine rings is 1. The third-order valence-electron chi connectivity index (χ3n) is 3.70. The van der Waals surface area contributed by atoms with Gasteiger partial charge in [-0.05, 0) is 31.2 Å². The molecule has 0 amide bonds. The zero-order chi connectivity index (χ0) is 15.5. The molecule has 5 nitrogen and oxygen atoms in total. The van der Waals surface area contributed by atoms with Gasteiger partial charge in [-0.25, -0.2) is 4.98 Å². The lowest BCUT2D eigenvalue weighted by atomic mass is 10.1. The molecular formula is C17H17N3O2. The number of fused-ring (bicyclic) bond motifs is 1.